The Balaban J connectivity index is 2.23. The highest BCUT2D eigenvalue weighted by Gasteiger charge is 2.51. The number of allylic oxidation sites excluding steroid dienone is 1. The first-order valence-corrected chi connectivity index (χ1v) is 29.6. The zero-order valence-electron chi connectivity index (χ0n) is 43.0. The van der Waals surface area contributed by atoms with Crippen molar-refractivity contribution in [3.05, 3.63) is 12.2 Å². The molecule has 398 valence electrons. The molecule has 13 heteroatoms. The molecule has 0 aromatic heterocycles. The SMILES string of the molecule is CCCCCCCCCCC/C=C/[C@@H](O)[C@H](COP(=O)(O)OC1C(O)C(O)C(O)[C@@H](O)C1O)NC(=O)CCCCCCCCCCCCCCCCCCCCCCCCCCCCCCC. The average molecular weight is 976 g/mol. The molecule has 0 aromatic rings. The summed E-state index contributed by atoms with van der Waals surface area (Å²) < 4.78 is 23.0. The normalized spacial score (nSPS) is 21.7. The molecule has 1 fully saturated rings. The zero-order chi connectivity index (χ0) is 49.2. The molecule has 0 heterocycles. The topological polar surface area (TPSA) is 206 Å². The smallest absolute Gasteiger partial charge is 0.387 e. The predicted molar refractivity (Wildman–Crippen MR) is 274 cm³/mol. The number of carbonyl (C=O) groups excluding carboxylic acids is 1. The number of hydrogen-bond acceptors (Lipinski definition) is 10. The van der Waals surface area contributed by atoms with Gasteiger partial charge in [0.15, 0.2) is 0 Å². The summed E-state index contributed by atoms with van der Waals surface area (Å²) >= 11 is 0. The lowest BCUT2D eigenvalue weighted by molar-refractivity contribution is -0.220. The fourth-order valence-electron chi connectivity index (χ4n) is 9.26. The summed E-state index contributed by atoms with van der Waals surface area (Å²) in [7, 11) is -5.08. The molecule has 8 N–H and O–H groups in total. The number of amides is 1. The molecule has 12 nitrogen and oxygen atoms in total. The third-order valence-corrected chi connectivity index (χ3v) is 14.8. The highest BCUT2D eigenvalue weighted by molar-refractivity contribution is 7.47. The van der Waals surface area contributed by atoms with Gasteiger partial charge < -0.3 is 40.8 Å². The van der Waals surface area contributed by atoms with Crippen LogP contribution in [0.4, 0.5) is 0 Å². The second-order valence-electron chi connectivity index (χ2n) is 20.1. The molecule has 0 radical (unpaired) electrons. The van der Waals surface area contributed by atoms with E-state index in [1.807, 2.05) is 6.08 Å². The molecule has 0 aliphatic heterocycles. The van der Waals surface area contributed by atoms with Crippen LogP contribution in [0.1, 0.15) is 271 Å². The van der Waals surface area contributed by atoms with E-state index in [1.165, 1.54) is 205 Å². The largest absolute Gasteiger partial charge is 0.472 e. The van der Waals surface area contributed by atoms with Crippen molar-refractivity contribution in [2.45, 2.75) is 319 Å². The number of carbonyl (C=O) groups is 1. The fraction of sp³-hybridized carbons (Fsp3) is 0.944. The summed E-state index contributed by atoms with van der Waals surface area (Å²) in [6, 6.07) is -1.11. The van der Waals surface area contributed by atoms with Gasteiger partial charge in [-0.1, -0.05) is 257 Å². The standard InChI is InChI=1S/C54H106NO11P/c1-3-5-7-9-11-13-15-16-17-18-19-20-21-22-23-24-25-26-27-28-29-30-31-32-34-36-38-40-42-44-48(57)55-46(47(56)43-41-39-37-35-33-14-12-10-8-6-4-2)45-65-67(63,64)66-54-52(61)50(59)49(58)51(60)53(54)62/h41,43,46-47,49-54,56,58-62H,3-40,42,44-45H2,1-2H3,(H,55,57)(H,63,64)/b43-41+/t46-,47+,49?,50+,51?,52?,53?,54?/m0/s1. The average Bonchev–Trinajstić information content (AvgIpc) is 3.31. The second kappa shape index (κ2) is 43.8. The van der Waals surface area contributed by atoms with Gasteiger partial charge in [0.2, 0.25) is 5.91 Å². The Kier molecular flexibility index (Phi) is 41.9. The minimum absolute atomic E-state index is 0.219. The molecule has 1 saturated carbocycles. The summed E-state index contributed by atoms with van der Waals surface area (Å²) in [5, 5.41) is 64.1. The maximum atomic E-state index is 13.0. The van der Waals surface area contributed by atoms with E-state index in [-0.39, 0.29) is 12.3 Å². The van der Waals surface area contributed by atoms with Crippen LogP contribution in [0.25, 0.3) is 0 Å². The Hall–Kier alpha value is -0.920. The number of nitrogens with one attached hydrogen (secondary N) is 1. The molecule has 1 amide bonds. The monoisotopic (exact) mass is 976 g/mol. The molecule has 6 unspecified atom stereocenters. The van der Waals surface area contributed by atoms with Crippen LogP contribution in [-0.2, 0) is 18.4 Å². The second-order valence-corrected chi connectivity index (χ2v) is 21.6. The lowest BCUT2D eigenvalue weighted by Crippen LogP contribution is -2.64. The van der Waals surface area contributed by atoms with Gasteiger partial charge in [0, 0.05) is 6.42 Å². The van der Waals surface area contributed by atoms with Crippen LogP contribution in [0.2, 0.25) is 0 Å². The molecule has 0 bridgehead atoms. The van der Waals surface area contributed by atoms with Crippen LogP contribution in [0.5, 0.6) is 0 Å². The summed E-state index contributed by atoms with van der Waals surface area (Å²) in [6.45, 7) is 3.85. The van der Waals surface area contributed by atoms with Gasteiger partial charge in [0.05, 0.1) is 18.8 Å². The van der Waals surface area contributed by atoms with Crippen molar-refractivity contribution < 1.29 is 53.9 Å². The van der Waals surface area contributed by atoms with Gasteiger partial charge >= 0.3 is 7.82 Å². The molecule has 1 aliphatic carbocycles. The summed E-state index contributed by atoms with van der Waals surface area (Å²) in [5.41, 5.74) is 0. The summed E-state index contributed by atoms with van der Waals surface area (Å²) in [6.07, 6.45) is 40.3. The van der Waals surface area contributed by atoms with Crippen LogP contribution in [0, 0.1) is 0 Å². The van der Waals surface area contributed by atoms with E-state index in [0.717, 1.165) is 44.9 Å². The van der Waals surface area contributed by atoms with Crippen LogP contribution < -0.4 is 5.32 Å². The Bertz CT molecular complexity index is 1180. The van der Waals surface area contributed by atoms with Gasteiger partial charge in [-0.2, -0.15) is 0 Å². The Morgan fingerprint density at radius 3 is 1.13 bits per heavy atom. The number of phosphoric acid groups is 1. The Morgan fingerprint density at radius 1 is 0.493 bits per heavy atom. The maximum absolute atomic E-state index is 13.0. The lowest BCUT2D eigenvalue weighted by atomic mass is 9.85. The number of phosphoric ester groups is 1. The lowest BCUT2D eigenvalue weighted by Gasteiger charge is -2.41. The van der Waals surface area contributed by atoms with Gasteiger partial charge in [0.1, 0.15) is 36.6 Å². The molecule has 0 aromatic carbocycles. The molecule has 9 atom stereocenters. The van der Waals surface area contributed by atoms with Crippen LogP contribution in [0.3, 0.4) is 0 Å². The van der Waals surface area contributed by atoms with Gasteiger partial charge in [-0.3, -0.25) is 13.8 Å². The van der Waals surface area contributed by atoms with E-state index >= 15 is 0 Å². The molecule has 67 heavy (non-hydrogen) atoms. The summed E-state index contributed by atoms with van der Waals surface area (Å²) in [5.74, 6) is -0.336. The first-order chi connectivity index (χ1) is 32.4. The highest BCUT2D eigenvalue weighted by Crippen LogP contribution is 2.47. The van der Waals surface area contributed by atoms with Crippen LogP contribution >= 0.6 is 7.82 Å². The Labute approximate surface area is 409 Å². The molecule has 1 rings (SSSR count). The van der Waals surface area contributed by atoms with Crippen molar-refractivity contribution in [3.63, 3.8) is 0 Å². The van der Waals surface area contributed by atoms with Crippen molar-refractivity contribution >= 4 is 13.7 Å². The number of hydrogen-bond donors (Lipinski definition) is 8. The van der Waals surface area contributed by atoms with Crippen molar-refractivity contribution in [1.29, 1.82) is 0 Å². The number of unbranched alkanes of at least 4 members (excludes halogenated alkanes) is 37. The van der Waals surface area contributed by atoms with E-state index in [9.17, 15) is 44.9 Å². The van der Waals surface area contributed by atoms with Gasteiger partial charge in [-0.25, -0.2) is 4.57 Å². The van der Waals surface area contributed by atoms with Crippen molar-refractivity contribution in [2.24, 2.45) is 0 Å². The molecule has 0 spiro atoms. The van der Waals surface area contributed by atoms with E-state index < -0.39 is 63.2 Å². The van der Waals surface area contributed by atoms with E-state index in [4.69, 9.17) is 9.05 Å². The van der Waals surface area contributed by atoms with E-state index in [1.54, 1.807) is 0 Å². The van der Waals surface area contributed by atoms with Gasteiger partial charge in [0.25, 0.3) is 0 Å². The van der Waals surface area contributed by atoms with Gasteiger partial charge in [-0.05, 0) is 19.3 Å². The number of aliphatic hydroxyl groups is 6. The maximum Gasteiger partial charge on any atom is 0.472 e. The summed E-state index contributed by atoms with van der Waals surface area (Å²) in [4.78, 5) is 23.4. The van der Waals surface area contributed by atoms with Crippen LogP contribution in [-0.4, -0.2) is 96.8 Å². The minimum Gasteiger partial charge on any atom is -0.387 e. The quantitative estimate of drug-likeness (QED) is 0.0164. The van der Waals surface area contributed by atoms with Crippen molar-refractivity contribution in [2.75, 3.05) is 6.61 Å². The number of aliphatic hydroxyl groups excluding tert-OH is 6. The molecule has 1 aliphatic rings. The van der Waals surface area contributed by atoms with Gasteiger partial charge in [-0.15, -0.1) is 0 Å². The fourth-order valence-corrected chi connectivity index (χ4v) is 10.2. The molecule has 0 saturated heterocycles. The first-order valence-electron chi connectivity index (χ1n) is 28.1. The van der Waals surface area contributed by atoms with E-state index in [0.29, 0.717) is 6.42 Å². The molecular weight excluding hydrogens is 870 g/mol. The molecular formula is C54H106NO11P. The van der Waals surface area contributed by atoms with Crippen LogP contribution in [0.15, 0.2) is 12.2 Å². The number of rotatable bonds is 48. The third-order valence-electron chi connectivity index (χ3n) is 13.8. The highest BCUT2D eigenvalue weighted by atomic mass is 31.2. The first kappa shape index (κ1) is 64.1. The van der Waals surface area contributed by atoms with Crippen molar-refractivity contribution in [3.8, 4) is 0 Å². The van der Waals surface area contributed by atoms with E-state index in [2.05, 4.69) is 19.2 Å². The third kappa shape index (κ3) is 34.9. The zero-order valence-corrected chi connectivity index (χ0v) is 43.9. The van der Waals surface area contributed by atoms with Crippen molar-refractivity contribution in [1.82, 2.24) is 5.32 Å². The predicted octanol–water partition coefficient (Wildman–Crippen LogP) is 12.4. The minimum atomic E-state index is -5.08. The Morgan fingerprint density at radius 2 is 0.791 bits per heavy atom.